The van der Waals surface area contributed by atoms with E-state index in [4.69, 9.17) is 16.3 Å². The SMILES string of the molecule is COc1cccc(NC(=O)c2c(-c3ccc(C(C)C)cc3)c3c4n(c(-c5ccc(Cl)cc5)cn24)CCCC3)c1. The number of anilines is 1. The van der Waals surface area contributed by atoms with Crippen molar-refractivity contribution >= 4 is 28.8 Å². The molecule has 3 aromatic carbocycles. The molecule has 1 aliphatic rings. The summed E-state index contributed by atoms with van der Waals surface area (Å²) < 4.78 is 9.86. The molecule has 6 rings (SSSR count). The minimum absolute atomic E-state index is 0.146. The number of methoxy groups -OCH3 is 1. The van der Waals surface area contributed by atoms with Gasteiger partial charge in [0.25, 0.3) is 5.91 Å². The summed E-state index contributed by atoms with van der Waals surface area (Å²) in [5.41, 5.74) is 9.19. The van der Waals surface area contributed by atoms with Gasteiger partial charge in [-0.15, -0.1) is 0 Å². The molecule has 2 aromatic heterocycles. The Morgan fingerprint density at radius 2 is 1.72 bits per heavy atom. The smallest absolute Gasteiger partial charge is 0.273 e. The molecule has 0 fully saturated rings. The standard InChI is InChI=1S/C33H32ClN3O2/c1-21(2)22-10-12-24(13-11-22)30-28-9-4-5-18-36-29(23-14-16-25(34)17-15-23)20-37(33(28)36)31(30)32(38)35-26-7-6-8-27(19-26)39-3/h6-8,10-17,19-21H,4-5,9,18H2,1-3H3,(H,35,38). The number of hydrogen-bond acceptors (Lipinski definition) is 2. The molecule has 39 heavy (non-hydrogen) atoms. The van der Waals surface area contributed by atoms with Crippen LogP contribution in [0.3, 0.4) is 0 Å². The van der Waals surface area contributed by atoms with Gasteiger partial charge in [-0.1, -0.05) is 67.9 Å². The van der Waals surface area contributed by atoms with Crippen LogP contribution in [0.5, 0.6) is 5.75 Å². The first-order valence-corrected chi connectivity index (χ1v) is 13.9. The number of rotatable bonds is 6. The van der Waals surface area contributed by atoms with Crippen molar-refractivity contribution in [2.24, 2.45) is 0 Å². The van der Waals surface area contributed by atoms with E-state index in [1.54, 1.807) is 7.11 Å². The van der Waals surface area contributed by atoms with Gasteiger partial charge in [0.05, 0.1) is 12.8 Å². The van der Waals surface area contributed by atoms with Crippen LogP contribution in [0.2, 0.25) is 5.02 Å². The van der Waals surface area contributed by atoms with Gasteiger partial charge in [-0.05, 0) is 66.1 Å². The van der Waals surface area contributed by atoms with Gasteiger partial charge in [0.2, 0.25) is 0 Å². The summed E-state index contributed by atoms with van der Waals surface area (Å²) in [7, 11) is 1.63. The summed E-state index contributed by atoms with van der Waals surface area (Å²) in [5, 5.41) is 3.86. The number of carbonyl (C=O) groups excluding carboxylic acids is 1. The Bertz CT molecular complexity index is 1660. The predicted octanol–water partition coefficient (Wildman–Crippen LogP) is 8.45. The molecule has 0 bridgehead atoms. The molecule has 1 aliphatic heterocycles. The van der Waals surface area contributed by atoms with Crippen molar-refractivity contribution in [3.8, 4) is 28.1 Å². The van der Waals surface area contributed by atoms with E-state index >= 15 is 0 Å². The van der Waals surface area contributed by atoms with Crippen molar-refractivity contribution in [1.82, 2.24) is 8.97 Å². The highest BCUT2D eigenvalue weighted by Crippen LogP contribution is 2.40. The van der Waals surface area contributed by atoms with Gasteiger partial charge >= 0.3 is 0 Å². The fourth-order valence-corrected chi connectivity index (χ4v) is 5.82. The molecule has 0 aliphatic carbocycles. The monoisotopic (exact) mass is 537 g/mol. The minimum atomic E-state index is -0.146. The molecule has 0 radical (unpaired) electrons. The fourth-order valence-electron chi connectivity index (χ4n) is 5.70. The third kappa shape index (κ3) is 4.61. The Hall–Kier alpha value is -3.96. The first-order chi connectivity index (χ1) is 18.9. The lowest BCUT2D eigenvalue weighted by atomic mass is 9.95. The van der Waals surface area contributed by atoms with Crippen LogP contribution in [0.1, 0.15) is 54.2 Å². The van der Waals surface area contributed by atoms with Crippen LogP contribution >= 0.6 is 11.6 Å². The summed E-state index contributed by atoms with van der Waals surface area (Å²) in [6.45, 7) is 5.29. The van der Waals surface area contributed by atoms with Crippen molar-refractivity contribution in [3.05, 3.63) is 101 Å². The van der Waals surface area contributed by atoms with Gasteiger partial charge < -0.3 is 14.6 Å². The maximum absolute atomic E-state index is 14.1. The second-order valence-electron chi connectivity index (χ2n) is 10.5. The predicted molar refractivity (Wildman–Crippen MR) is 159 cm³/mol. The van der Waals surface area contributed by atoms with Gasteiger partial charge in [0.15, 0.2) is 0 Å². The van der Waals surface area contributed by atoms with Gasteiger partial charge in [0, 0.05) is 40.6 Å². The molecule has 198 valence electrons. The second-order valence-corrected chi connectivity index (χ2v) is 10.9. The lowest BCUT2D eigenvalue weighted by molar-refractivity contribution is 0.102. The summed E-state index contributed by atoms with van der Waals surface area (Å²) in [4.78, 5) is 14.1. The largest absolute Gasteiger partial charge is 0.497 e. The molecule has 5 aromatic rings. The highest BCUT2D eigenvalue weighted by atomic mass is 35.5. The average molecular weight is 538 g/mol. The highest BCUT2D eigenvalue weighted by Gasteiger charge is 2.29. The molecule has 5 nitrogen and oxygen atoms in total. The summed E-state index contributed by atoms with van der Waals surface area (Å²) in [6, 6.07) is 24.1. The van der Waals surface area contributed by atoms with Crippen molar-refractivity contribution in [3.63, 3.8) is 0 Å². The number of amides is 1. The molecule has 0 unspecified atom stereocenters. The Kier molecular flexibility index (Phi) is 6.69. The normalized spacial score (nSPS) is 13.1. The van der Waals surface area contributed by atoms with E-state index in [0.29, 0.717) is 28.1 Å². The Morgan fingerprint density at radius 3 is 2.44 bits per heavy atom. The molecule has 0 saturated carbocycles. The molecule has 1 amide bonds. The zero-order valence-corrected chi connectivity index (χ0v) is 23.3. The molecule has 0 saturated heterocycles. The summed E-state index contributed by atoms with van der Waals surface area (Å²) in [5.74, 6) is 0.993. The van der Waals surface area contributed by atoms with E-state index in [-0.39, 0.29) is 5.91 Å². The van der Waals surface area contributed by atoms with Crippen molar-refractivity contribution in [1.29, 1.82) is 0 Å². The molecule has 3 heterocycles. The van der Waals surface area contributed by atoms with E-state index in [9.17, 15) is 4.79 Å². The quantitative estimate of drug-likeness (QED) is 0.236. The Labute approximate surface area is 234 Å². The van der Waals surface area contributed by atoms with Gasteiger partial charge in [-0.2, -0.15) is 0 Å². The third-order valence-corrected chi connectivity index (χ3v) is 7.93. The lowest BCUT2D eigenvalue weighted by Gasteiger charge is -2.12. The number of aromatic nitrogens is 2. The highest BCUT2D eigenvalue weighted by molar-refractivity contribution is 6.30. The van der Waals surface area contributed by atoms with E-state index in [1.807, 2.05) is 48.5 Å². The van der Waals surface area contributed by atoms with Crippen molar-refractivity contribution in [2.45, 2.75) is 45.6 Å². The van der Waals surface area contributed by atoms with Crippen LogP contribution in [0.4, 0.5) is 5.69 Å². The van der Waals surface area contributed by atoms with Crippen LogP contribution in [-0.2, 0) is 13.0 Å². The molecule has 0 spiro atoms. The first kappa shape index (κ1) is 25.3. The van der Waals surface area contributed by atoms with Gasteiger partial charge in [-0.25, -0.2) is 0 Å². The Morgan fingerprint density at radius 1 is 0.974 bits per heavy atom. The molecule has 0 atom stereocenters. The number of carbonyl (C=O) groups is 1. The van der Waals surface area contributed by atoms with Crippen LogP contribution in [0.15, 0.2) is 79.0 Å². The number of imidazole rings is 1. The number of nitrogens with one attached hydrogen (secondary N) is 1. The van der Waals surface area contributed by atoms with E-state index in [0.717, 1.165) is 53.8 Å². The molecular formula is C33H32ClN3O2. The molecule has 1 N–H and O–H groups in total. The zero-order chi connectivity index (χ0) is 27.1. The van der Waals surface area contributed by atoms with Crippen molar-refractivity contribution in [2.75, 3.05) is 12.4 Å². The average Bonchev–Trinajstić information content (AvgIpc) is 3.36. The maximum Gasteiger partial charge on any atom is 0.273 e. The third-order valence-electron chi connectivity index (χ3n) is 7.68. The van der Waals surface area contributed by atoms with Crippen LogP contribution in [0, 0.1) is 0 Å². The molecule has 6 heteroatoms. The molecular weight excluding hydrogens is 506 g/mol. The number of nitrogens with zero attached hydrogens (tertiary/aromatic N) is 2. The topological polar surface area (TPSA) is 47.7 Å². The minimum Gasteiger partial charge on any atom is -0.497 e. The van der Waals surface area contributed by atoms with Crippen LogP contribution < -0.4 is 10.1 Å². The number of hydrogen-bond donors (Lipinski definition) is 1. The number of ether oxygens (including phenoxy) is 1. The fraction of sp³-hybridized carbons (Fsp3) is 0.242. The lowest BCUT2D eigenvalue weighted by Crippen LogP contribution is -2.15. The Balaban J connectivity index is 1.58. The van der Waals surface area contributed by atoms with Gasteiger partial charge in [-0.3, -0.25) is 9.20 Å². The maximum atomic E-state index is 14.1. The van der Waals surface area contributed by atoms with Gasteiger partial charge in [0.1, 0.15) is 17.1 Å². The number of halogens is 1. The number of aryl methyl sites for hydroxylation is 2. The van der Waals surface area contributed by atoms with E-state index in [1.165, 1.54) is 11.1 Å². The number of benzene rings is 3. The first-order valence-electron chi connectivity index (χ1n) is 13.5. The van der Waals surface area contributed by atoms with Crippen LogP contribution in [-0.4, -0.2) is 22.0 Å². The van der Waals surface area contributed by atoms with Crippen LogP contribution in [0.25, 0.3) is 28.0 Å². The summed E-state index contributed by atoms with van der Waals surface area (Å²) >= 11 is 6.20. The second kappa shape index (κ2) is 10.3. The van der Waals surface area contributed by atoms with Crippen molar-refractivity contribution < 1.29 is 9.53 Å². The van der Waals surface area contributed by atoms with E-state index < -0.39 is 0 Å². The summed E-state index contributed by atoms with van der Waals surface area (Å²) in [6.07, 6.45) is 5.17. The zero-order valence-electron chi connectivity index (χ0n) is 22.5. The van der Waals surface area contributed by atoms with E-state index in [2.05, 4.69) is 58.6 Å².